The Bertz CT molecular complexity index is 613. The van der Waals surface area contributed by atoms with Crippen molar-refractivity contribution in [3.63, 3.8) is 0 Å². The Balaban J connectivity index is 1.98. The van der Waals surface area contributed by atoms with Gasteiger partial charge in [-0.05, 0) is 32.6 Å². The van der Waals surface area contributed by atoms with Crippen LogP contribution in [0.5, 0.6) is 0 Å². The molecule has 21 heavy (non-hydrogen) atoms. The number of nitrogens with zero attached hydrogens (tertiary/aromatic N) is 3. The second-order valence-electron chi connectivity index (χ2n) is 5.54. The number of aryl methyl sites for hydroxylation is 2. The zero-order valence-electron chi connectivity index (χ0n) is 12.6. The van der Waals surface area contributed by atoms with Gasteiger partial charge in [0.2, 0.25) is 10.0 Å². The third-order valence-electron chi connectivity index (χ3n) is 3.66. The van der Waals surface area contributed by atoms with Gasteiger partial charge in [-0.3, -0.25) is 0 Å². The van der Waals surface area contributed by atoms with Gasteiger partial charge in [0.15, 0.2) is 11.6 Å². The number of nitrogens with one attached hydrogen (secondary N) is 1. The Labute approximate surface area is 124 Å². The molecule has 0 atom stereocenters. The van der Waals surface area contributed by atoms with Crippen molar-refractivity contribution in [2.75, 3.05) is 30.8 Å². The molecule has 0 amide bonds. The first-order chi connectivity index (χ1) is 9.76. The molecule has 2 rings (SSSR count). The molecule has 6 nitrogen and oxygen atoms in total. The summed E-state index contributed by atoms with van der Waals surface area (Å²) in [6.45, 7) is 5.16. The van der Waals surface area contributed by atoms with Crippen LogP contribution in [0.1, 0.15) is 24.4 Å². The first-order valence-corrected chi connectivity index (χ1v) is 8.85. The molecule has 1 saturated heterocycles. The molecule has 1 fully saturated rings. The summed E-state index contributed by atoms with van der Waals surface area (Å²) in [7, 11) is -3.15. The summed E-state index contributed by atoms with van der Waals surface area (Å²) < 4.78 is 38.8. The van der Waals surface area contributed by atoms with Crippen molar-refractivity contribution >= 4 is 15.8 Å². The molecule has 0 saturated carbocycles. The van der Waals surface area contributed by atoms with E-state index in [9.17, 15) is 12.8 Å². The largest absolute Gasteiger partial charge is 0.354 e. The average molecular weight is 316 g/mol. The lowest BCUT2D eigenvalue weighted by Gasteiger charge is -2.33. The number of hydrogen-bond donors (Lipinski definition) is 1. The molecule has 2 heterocycles. The quantitative estimate of drug-likeness (QED) is 0.897. The first kappa shape index (κ1) is 16.1. The minimum Gasteiger partial charge on any atom is -0.354 e. The standard InChI is InChI=1S/C13H21FN4O2S/c1-9-12(14)13(17-10(2)16-9)18-6-4-11(5-7-18)8-15-21(3,19)20/h11,15H,4-8H2,1-3H3. The van der Waals surface area contributed by atoms with Crippen LogP contribution in [0.2, 0.25) is 0 Å². The molecule has 118 valence electrons. The van der Waals surface area contributed by atoms with E-state index >= 15 is 0 Å². The van der Waals surface area contributed by atoms with Crippen molar-refractivity contribution in [3.8, 4) is 0 Å². The van der Waals surface area contributed by atoms with Crippen LogP contribution < -0.4 is 9.62 Å². The number of rotatable bonds is 4. The molecule has 1 aliphatic rings. The smallest absolute Gasteiger partial charge is 0.208 e. The van der Waals surface area contributed by atoms with Gasteiger partial charge in [-0.15, -0.1) is 0 Å². The summed E-state index contributed by atoms with van der Waals surface area (Å²) in [4.78, 5) is 10.1. The molecule has 8 heteroatoms. The molecule has 0 unspecified atom stereocenters. The predicted molar refractivity (Wildman–Crippen MR) is 79.2 cm³/mol. The van der Waals surface area contributed by atoms with E-state index in [1.54, 1.807) is 13.8 Å². The van der Waals surface area contributed by atoms with Crippen LogP contribution in [-0.2, 0) is 10.0 Å². The van der Waals surface area contributed by atoms with Crippen LogP contribution in [0, 0.1) is 25.6 Å². The van der Waals surface area contributed by atoms with Gasteiger partial charge in [0, 0.05) is 19.6 Å². The van der Waals surface area contributed by atoms with E-state index in [0.29, 0.717) is 37.0 Å². The van der Waals surface area contributed by atoms with Gasteiger partial charge in [0.05, 0.1) is 11.9 Å². The molecule has 0 bridgehead atoms. The molecular weight excluding hydrogens is 295 g/mol. The van der Waals surface area contributed by atoms with Crippen molar-refractivity contribution < 1.29 is 12.8 Å². The van der Waals surface area contributed by atoms with Crippen LogP contribution in [0.4, 0.5) is 10.2 Å². The van der Waals surface area contributed by atoms with Crippen LogP contribution in [-0.4, -0.2) is 44.3 Å². The molecule has 0 radical (unpaired) electrons. The van der Waals surface area contributed by atoms with Gasteiger partial charge in [-0.25, -0.2) is 27.5 Å². The molecule has 1 aliphatic heterocycles. The maximum absolute atomic E-state index is 14.1. The highest BCUT2D eigenvalue weighted by molar-refractivity contribution is 7.88. The predicted octanol–water partition coefficient (Wildman–Crippen LogP) is 0.998. The minimum atomic E-state index is -3.15. The molecule has 0 aromatic carbocycles. The summed E-state index contributed by atoms with van der Waals surface area (Å²) in [5.41, 5.74) is 0.360. The van der Waals surface area contributed by atoms with Gasteiger partial charge in [0.1, 0.15) is 5.82 Å². The fourth-order valence-corrected chi connectivity index (χ4v) is 3.05. The Kier molecular flexibility index (Phi) is 4.77. The molecule has 0 spiro atoms. The van der Waals surface area contributed by atoms with E-state index < -0.39 is 10.0 Å². The van der Waals surface area contributed by atoms with Crippen molar-refractivity contribution in [1.29, 1.82) is 0 Å². The summed E-state index contributed by atoms with van der Waals surface area (Å²) in [6.07, 6.45) is 2.78. The number of hydrogen-bond acceptors (Lipinski definition) is 5. The van der Waals surface area contributed by atoms with Gasteiger partial charge < -0.3 is 4.90 Å². The second kappa shape index (κ2) is 6.23. The summed E-state index contributed by atoms with van der Waals surface area (Å²) in [6, 6.07) is 0. The van der Waals surface area contributed by atoms with E-state index in [0.717, 1.165) is 19.1 Å². The SMILES string of the molecule is Cc1nc(C)c(F)c(N2CCC(CNS(C)(=O)=O)CC2)n1. The third kappa shape index (κ3) is 4.34. The first-order valence-electron chi connectivity index (χ1n) is 6.96. The average Bonchev–Trinajstić information content (AvgIpc) is 2.40. The van der Waals surface area contributed by atoms with Gasteiger partial charge >= 0.3 is 0 Å². The molecule has 0 aliphatic carbocycles. The van der Waals surface area contributed by atoms with E-state index in [1.165, 1.54) is 0 Å². The van der Waals surface area contributed by atoms with Crippen LogP contribution in [0.3, 0.4) is 0 Å². The number of piperidine rings is 1. The fraction of sp³-hybridized carbons (Fsp3) is 0.692. The number of aromatic nitrogens is 2. The monoisotopic (exact) mass is 316 g/mol. The van der Waals surface area contributed by atoms with E-state index in [1.807, 2.05) is 4.90 Å². The van der Waals surface area contributed by atoms with Crippen LogP contribution in [0.15, 0.2) is 0 Å². The summed E-state index contributed by atoms with van der Waals surface area (Å²) in [5, 5.41) is 0. The Morgan fingerprint density at radius 1 is 1.29 bits per heavy atom. The zero-order valence-corrected chi connectivity index (χ0v) is 13.4. The molecule has 1 N–H and O–H groups in total. The van der Waals surface area contributed by atoms with Crippen LogP contribution >= 0.6 is 0 Å². The summed E-state index contributed by atoms with van der Waals surface area (Å²) in [5.74, 6) is 0.829. The highest BCUT2D eigenvalue weighted by atomic mass is 32.2. The fourth-order valence-electron chi connectivity index (χ4n) is 2.51. The van der Waals surface area contributed by atoms with Crippen molar-refractivity contribution in [3.05, 3.63) is 17.3 Å². The molecule has 1 aromatic heterocycles. The topological polar surface area (TPSA) is 75.2 Å². The lowest BCUT2D eigenvalue weighted by Crippen LogP contribution is -2.39. The Hall–Kier alpha value is -1.28. The lowest BCUT2D eigenvalue weighted by atomic mass is 9.97. The number of halogens is 1. The maximum atomic E-state index is 14.1. The van der Waals surface area contributed by atoms with E-state index in [-0.39, 0.29) is 11.7 Å². The maximum Gasteiger partial charge on any atom is 0.208 e. The minimum absolute atomic E-state index is 0.281. The van der Waals surface area contributed by atoms with Gasteiger partial charge in [-0.1, -0.05) is 0 Å². The lowest BCUT2D eigenvalue weighted by molar-refractivity contribution is 0.397. The Morgan fingerprint density at radius 3 is 2.48 bits per heavy atom. The second-order valence-corrected chi connectivity index (χ2v) is 7.38. The van der Waals surface area contributed by atoms with Crippen molar-refractivity contribution in [2.45, 2.75) is 26.7 Å². The third-order valence-corrected chi connectivity index (χ3v) is 4.35. The zero-order chi connectivity index (χ0) is 15.6. The van der Waals surface area contributed by atoms with Gasteiger partial charge in [0.25, 0.3) is 0 Å². The highest BCUT2D eigenvalue weighted by Crippen LogP contribution is 2.24. The van der Waals surface area contributed by atoms with Crippen molar-refractivity contribution in [1.82, 2.24) is 14.7 Å². The van der Waals surface area contributed by atoms with E-state index in [2.05, 4.69) is 14.7 Å². The van der Waals surface area contributed by atoms with Crippen LogP contribution in [0.25, 0.3) is 0 Å². The number of anilines is 1. The number of sulfonamides is 1. The Morgan fingerprint density at radius 2 is 1.90 bits per heavy atom. The van der Waals surface area contributed by atoms with Crippen molar-refractivity contribution in [2.24, 2.45) is 5.92 Å². The summed E-state index contributed by atoms with van der Waals surface area (Å²) >= 11 is 0. The highest BCUT2D eigenvalue weighted by Gasteiger charge is 2.24. The normalized spacial score (nSPS) is 17.2. The van der Waals surface area contributed by atoms with Gasteiger partial charge in [-0.2, -0.15) is 0 Å². The molecule has 1 aromatic rings. The van der Waals surface area contributed by atoms with E-state index in [4.69, 9.17) is 0 Å². The molecular formula is C13H21FN4O2S.